The fraction of sp³-hybridized carbons (Fsp3) is 0.333. The smallest absolute Gasteiger partial charge is 0.248 e. The van der Waals surface area contributed by atoms with Crippen LogP contribution in [-0.2, 0) is 11.3 Å². The average molecular weight is 504 g/mol. The Morgan fingerprint density at radius 2 is 1.76 bits per heavy atom. The molecule has 3 aromatic rings. The largest absolute Gasteiger partial charge is 0.493 e. The Kier molecular flexibility index (Phi) is 8.11. The van der Waals surface area contributed by atoms with Gasteiger partial charge >= 0.3 is 0 Å². The van der Waals surface area contributed by atoms with E-state index in [9.17, 15) is 9.18 Å². The molecule has 4 rings (SSSR count). The summed E-state index contributed by atoms with van der Waals surface area (Å²) in [5.41, 5.74) is 2.22. The highest BCUT2D eigenvalue weighted by Crippen LogP contribution is 2.42. The van der Waals surface area contributed by atoms with E-state index in [2.05, 4.69) is 12.2 Å². The number of hydrogen-bond acceptors (Lipinski definition) is 5. The fourth-order valence-electron chi connectivity index (χ4n) is 5.00. The van der Waals surface area contributed by atoms with E-state index >= 15 is 0 Å². The van der Waals surface area contributed by atoms with Gasteiger partial charge in [-0.2, -0.15) is 5.10 Å². The maximum Gasteiger partial charge on any atom is 0.248 e. The molecule has 1 aliphatic heterocycles. The predicted octanol–water partition coefficient (Wildman–Crippen LogP) is 5.95. The molecule has 0 saturated carbocycles. The summed E-state index contributed by atoms with van der Waals surface area (Å²) in [5, 5.41) is 9.97. The number of nitrogens with one attached hydrogen (secondary N) is 1. The van der Waals surface area contributed by atoms with Crippen molar-refractivity contribution in [3.63, 3.8) is 0 Å². The van der Waals surface area contributed by atoms with Crippen molar-refractivity contribution in [1.29, 1.82) is 0 Å². The van der Waals surface area contributed by atoms with Gasteiger partial charge in [0.2, 0.25) is 5.91 Å². The van der Waals surface area contributed by atoms with E-state index in [1.165, 1.54) is 12.1 Å². The zero-order chi connectivity index (χ0) is 26.4. The van der Waals surface area contributed by atoms with Crippen molar-refractivity contribution in [2.75, 3.05) is 19.2 Å². The van der Waals surface area contributed by atoms with Gasteiger partial charge in [-0.1, -0.05) is 62.2 Å². The minimum atomic E-state index is -1.01. The van der Waals surface area contributed by atoms with Crippen molar-refractivity contribution < 1.29 is 18.7 Å². The second-order valence-electron chi connectivity index (χ2n) is 9.32. The monoisotopic (exact) mass is 503 g/mol. The van der Waals surface area contributed by atoms with E-state index in [1.807, 2.05) is 60.5 Å². The highest BCUT2D eigenvalue weighted by atomic mass is 19.1. The molecule has 0 aromatic heterocycles. The highest BCUT2D eigenvalue weighted by Gasteiger charge is 2.53. The Morgan fingerprint density at radius 3 is 2.41 bits per heavy atom. The zero-order valence-electron chi connectivity index (χ0n) is 21.8. The van der Waals surface area contributed by atoms with Gasteiger partial charge in [0.05, 0.1) is 25.6 Å². The van der Waals surface area contributed by atoms with Crippen LogP contribution in [0, 0.1) is 11.7 Å². The summed E-state index contributed by atoms with van der Waals surface area (Å²) in [4.78, 5) is 14.1. The van der Waals surface area contributed by atoms with Crippen LogP contribution in [0.3, 0.4) is 0 Å². The van der Waals surface area contributed by atoms with Gasteiger partial charge in [-0.25, -0.2) is 9.40 Å². The maximum absolute atomic E-state index is 14.1. The molecule has 0 bridgehead atoms. The number of carbonyl (C=O) groups excluding carboxylic acids is 1. The number of carbonyl (C=O) groups is 1. The first-order chi connectivity index (χ1) is 17.9. The average Bonchev–Trinajstić information content (AvgIpc) is 3.23. The number of unbranched alkanes of at least 4 members (excludes halogenated alkanes) is 1. The van der Waals surface area contributed by atoms with E-state index < -0.39 is 5.54 Å². The van der Waals surface area contributed by atoms with Crippen LogP contribution in [0.5, 0.6) is 11.5 Å². The van der Waals surface area contributed by atoms with Gasteiger partial charge < -0.3 is 14.8 Å². The number of benzene rings is 3. The lowest BCUT2D eigenvalue weighted by atomic mass is 9.77. The van der Waals surface area contributed by atoms with E-state index in [0.29, 0.717) is 11.5 Å². The molecule has 0 saturated heterocycles. The lowest BCUT2D eigenvalue weighted by Gasteiger charge is -2.37. The number of hydrogen-bond donors (Lipinski definition) is 1. The van der Waals surface area contributed by atoms with Crippen LogP contribution < -0.4 is 19.8 Å². The number of amides is 1. The van der Waals surface area contributed by atoms with Crippen molar-refractivity contribution >= 4 is 17.3 Å². The Morgan fingerprint density at radius 1 is 1.03 bits per heavy atom. The first-order valence-corrected chi connectivity index (χ1v) is 12.6. The first kappa shape index (κ1) is 26.2. The molecular formula is C30H34FN3O3. The molecular weight excluding hydrogens is 469 g/mol. The number of hydrazone groups is 1. The minimum Gasteiger partial charge on any atom is -0.493 e. The molecule has 37 heavy (non-hydrogen) atoms. The fourth-order valence-corrected chi connectivity index (χ4v) is 5.00. The number of ether oxygens (including phenoxy) is 2. The summed E-state index contributed by atoms with van der Waals surface area (Å²) in [6, 6.07) is 21.6. The molecule has 3 aromatic carbocycles. The molecule has 0 fully saturated rings. The standard InChI is InChI=1S/C30H34FN3O3/c1-5-6-14-25-27(21-16-18-23(31)19-17-21)33-34(24-12-8-7-9-13-24)30(25,2)29(35)32-20-22-11-10-15-26(36-3)28(22)37-4/h7-13,15-19,25H,5-6,14,20H2,1-4H3,(H,32,35). The lowest BCUT2D eigenvalue weighted by Crippen LogP contribution is -2.57. The molecule has 0 radical (unpaired) electrons. The number of halogens is 1. The van der Waals surface area contributed by atoms with Crippen LogP contribution in [0.2, 0.25) is 0 Å². The van der Waals surface area contributed by atoms with Gasteiger partial charge in [0.15, 0.2) is 11.5 Å². The van der Waals surface area contributed by atoms with Crippen LogP contribution in [0.1, 0.15) is 44.2 Å². The van der Waals surface area contributed by atoms with Crippen LogP contribution in [0.25, 0.3) is 0 Å². The number of para-hydroxylation sites is 2. The Labute approximate surface area is 218 Å². The molecule has 2 unspecified atom stereocenters. The van der Waals surface area contributed by atoms with Gasteiger partial charge in [0, 0.05) is 18.0 Å². The third-order valence-corrected chi connectivity index (χ3v) is 7.03. The summed E-state index contributed by atoms with van der Waals surface area (Å²) in [7, 11) is 3.17. The van der Waals surface area contributed by atoms with Gasteiger partial charge in [-0.3, -0.25) is 4.79 Å². The third kappa shape index (κ3) is 5.17. The molecule has 1 aliphatic rings. The lowest BCUT2D eigenvalue weighted by molar-refractivity contribution is -0.127. The van der Waals surface area contributed by atoms with Crippen LogP contribution in [-0.4, -0.2) is 31.4 Å². The van der Waals surface area contributed by atoms with Crippen molar-refractivity contribution in [3.8, 4) is 11.5 Å². The van der Waals surface area contributed by atoms with Crippen molar-refractivity contribution in [2.24, 2.45) is 11.0 Å². The molecule has 7 heteroatoms. The number of anilines is 1. The molecule has 1 heterocycles. The number of nitrogens with zero attached hydrogens (tertiary/aromatic N) is 2. The van der Waals surface area contributed by atoms with Gasteiger partial charge in [-0.05, 0) is 49.2 Å². The summed E-state index contributed by atoms with van der Waals surface area (Å²) in [6.45, 7) is 4.34. The van der Waals surface area contributed by atoms with Gasteiger partial charge in [-0.15, -0.1) is 0 Å². The summed E-state index contributed by atoms with van der Waals surface area (Å²) >= 11 is 0. The van der Waals surface area contributed by atoms with Crippen molar-refractivity contribution in [1.82, 2.24) is 5.32 Å². The molecule has 0 spiro atoms. The highest BCUT2D eigenvalue weighted by molar-refractivity contribution is 6.10. The Hall–Kier alpha value is -3.87. The molecule has 1 N–H and O–H groups in total. The second-order valence-corrected chi connectivity index (χ2v) is 9.32. The van der Waals surface area contributed by atoms with E-state index in [4.69, 9.17) is 14.6 Å². The summed E-state index contributed by atoms with van der Waals surface area (Å²) in [6.07, 6.45) is 2.68. The van der Waals surface area contributed by atoms with Gasteiger partial charge in [0.25, 0.3) is 0 Å². The van der Waals surface area contributed by atoms with Crippen LogP contribution >= 0.6 is 0 Å². The third-order valence-electron chi connectivity index (χ3n) is 7.03. The molecule has 1 amide bonds. The SMILES string of the molecule is CCCCC1C(c2ccc(F)cc2)=NN(c2ccccc2)C1(C)C(=O)NCc1cccc(OC)c1OC. The summed E-state index contributed by atoms with van der Waals surface area (Å²) < 4.78 is 24.7. The minimum absolute atomic E-state index is 0.150. The maximum atomic E-state index is 14.1. The molecule has 6 nitrogen and oxygen atoms in total. The number of methoxy groups -OCH3 is 2. The van der Waals surface area contributed by atoms with Crippen molar-refractivity contribution in [2.45, 2.75) is 45.2 Å². The first-order valence-electron chi connectivity index (χ1n) is 12.6. The normalized spacial score (nSPS) is 18.9. The van der Waals surface area contributed by atoms with E-state index in [-0.39, 0.29) is 24.2 Å². The molecule has 194 valence electrons. The topological polar surface area (TPSA) is 63.2 Å². The van der Waals surface area contributed by atoms with Gasteiger partial charge in [0.1, 0.15) is 11.4 Å². The Balaban J connectivity index is 1.73. The number of rotatable bonds is 10. The quantitative estimate of drug-likeness (QED) is 0.371. The van der Waals surface area contributed by atoms with Crippen LogP contribution in [0.15, 0.2) is 77.9 Å². The van der Waals surface area contributed by atoms with E-state index in [0.717, 1.165) is 41.8 Å². The summed E-state index contributed by atoms with van der Waals surface area (Å²) in [5.74, 6) is 0.538. The van der Waals surface area contributed by atoms with E-state index in [1.54, 1.807) is 26.4 Å². The zero-order valence-corrected chi connectivity index (χ0v) is 21.8. The van der Waals surface area contributed by atoms with Crippen molar-refractivity contribution in [3.05, 3.63) is 89.7 Å². The molecule has 0 aliphatic carbocycles. The molecule has 2 atom stereocenters. The van der Waals surface area contributed by atoms with Crippen LogP contribution in [0.4, 0.5) is 10.1 Å². The second kappa shape index (κ2) is 11.5. The predicted molar refractivity (Wildman–Crippen MR) is 145 cm³/mol. The Bertz CT molecular complexity index is 1250.